The zero-order valence-electron chi connectivity index (χ0n) is 8.19. The van der Waals surface area contributed by atoms with Crippen LogP contribution in [0.5, 0.6) is 5.75 Å². The van der Waals surface area contributed by atoms with Gasteiger partial charge in [0, 0.05) is 4.47 Å². The van der Waals surface area contributed by atoms with Gasteiger partial charge >= 0.3 is 6.09 Å². The average molecular weight is 307 g/mol. The van der Waals surface area contributed by atoms with Gasteiger partial charge in [-0.25, -0.2) is 4.79 Å². The molecule has 1 N–H and O–H groups in total. The van der Waals surface area contributed by atoms with Gasteiger partial charge in [0.15, 0.2) is 0 Å². The molecule has 1 aromatic rings. The maximum atomic E-state index is 10.5. The maximum absolute atomic E-state index is 10.5. The van der Waals surface area contributed by atoms with E-state index in [2.05, 4.69) is 15.9 Å². The monoisotopic (exact) mass is 305 g/mol. The third-order valence-corrected chi connectivity index (χ3v) is 3.61. The molecule has 1 aliphatic heterocycles. The smallest absolute Gasteiger partial charge is 0.407 e. The van der Waals surface area contributed by atoms with Crippen molar-refractivity contribution in [3.05, 3.63) is 27.7 Å². The summed E-state index contributed by atoms with van der Waals surface area (Å²) in [7, 11) is 0. The molecule has 2 rings (SSSR count). The van der Waals surface area contributed by atoms with Crippen LogP contribution in [0.2, 0.25) is 5.02 Å². The number of ether oxygens (including phenoxy) is 1. The van der Waals surface area contributed by atoms with Crippen molar-refractivity contribution in [2.45, 2.75) is 6.10 Å². The highest BCUT2D eigenvalue weighted by Crippen LogP contribution is 2.33. The van der Waals surface area contributed by atoms with Crippen molar-refractivity contribution < 1.29 is 14.6 Å². The molecule has 0 aliphatic carbocycles. The highest BCUT2D eigenvalue weighted by molar-refractivity contribution is 9.10. The summed E-state index contributed by atoms with van der Waals surface area (Å²) in [6.07, 6.45) is -1.02. The first kappa shape index (κ1) is 11.5. The first-order valence-corrected chi connectivity index (χ1v) is 5.83. The van der Waals surface area contributed by atoms with Crippen LogP contribution in [0, 0.1) is 0 Å². The average Bonchev–Trinajstić information content (AvgIpc) is 2.16. The lowest BCUT2D eigenvalue weighted by Gasteiger charge is -2.36. The summed E-state index contributed by atoms with van der Waals surface area (Å²) in [5.74, 6) is 0.575. The number of halogens is 2. The lowest BCUT2D eigenvalue weighted by molar-refractivity contribution is 0.0252. The Hall–Kier alpha value is -0.940. The molecule has 1 aliphatic rings. The molecular weight excluding hydrogens is 297 g/mol. The number of nitrogens with zero attached hydrogens (tertiary/aromatic N) is 1. The van der Waals surface area contributed by atoms with E-state index in [0.29, 0.717) is 23.9 Å². The number of carboxylic acid groups (broad SMARTS) is 1. The van der Waals surface area contributed by atoms with Crippen LogP contribution in [-0.2, 0) is 0 Å². The van der Waals surface area contributed by atoms with Gasteiger partial charge in [0.1, 0.15) is 11.9 Å². The lowest BCUT2D eigenvalue weighted by Crippen LogP contribution is -2.55. The second kappa shape index (κ2) is 4.51. The molecule has 0 aromatic heterocycles. The maximum Gasteiger partial charge on any atom is 0.407 e. The number of carbonyl (C=O) groups is 1. The standard InChI is InChI=1S/C10H9BrClNO3/c11-7-2-1-3-8(9(7)12)16-6-4-13(5-6)10(14)15/h1-3,6H,4-5H2,(H,14,15). The van der Waals surface area contributed by atoms with Crippen LogP contribution in [-0.4, -0.2) is 35.3 Å². The molecule has 0 saturated carbocycles. The molecule has 1 aromatic carbocycles. The summed E-state index contributed by atoms with van der Waals surface area (Å²) < 4.78 is 6.34. The summed E-state index contributed by atoms with van der Waals surface area (Å²) in [5, 5.41) is 9.16. The van der Waals surface area contributed by atoms with Crippen molar-refractivity contribution >= 4 is 33.6 Å². The van der Waals surface area contributed by atoms with Crippen molar-refractivity contribution in [1.82, 2.24) is 4.90 Å². The molecule has 0 atom stereocenters. The van der Waals surface area contributed by atoms with E-state index in [0.717, 1.165) is 4.47 Å². The predicted octanol–water partition coefficient (Wildman–Crippen LogP) is 2.84. The van der Waals surface area contributed by atoms with Gasteiger partial charge in [-0.3, -0.25) is 0 Å². The SMILES string of the molecule is O=C(O)N1CC(Oc2cccc(Br)c2Cl)C1. The molecule has 1 fully saturated rings. The van der Waals surface area contributed by atoms with Gasteiger partial charge < -0.3 is 14.7 Å². The highest BCUT2D eigenvalue weighted by Gasteiger charge is 2.32. The predicted molar refractivity (Wildman–Crippen MR) is 63.2 cm³/mol. The van der Waals surface area contributed by atoms with Gasteiger partial charge in [0.25, 0.3) is 0 Å². The fraction of sp³-hybridized carbons (Fsp3) is 0.300. The number of hydrogen-bond acceptors (Lipinski definition) is 2. The van der Waals surface area contributed by atoms with Crippen LogP contribution in [0.15, 0.2) is 22.7 Å². The van der Waals surface area contributed by atoms with Crippen molar-refractivity contribution in [3.63, 3.8) is 0 Å². The van der Waals surface area contributed by atoms with E-state index in [9.17, 15) is 4.79 Å². The number of benzene rings is 1. The molecule has 1 heterocycles. The molecule has 16 heavy (non-hydrogen) atoms. The minimum atomic E-state index is -0.916. The lowest BCUT2D eigenvalue weighted by atomic mass is 10.2. The number of rotatable bonds is 2. The molecule has 4 nitrogen and oxygen atoms in total. The second-order valence-corrected chi connectivity index (χ2v) is 4.71. The molecule has 1 amide bonds. The molecule has 0 unspecified atom stereocenters. The Kier molecular flexibility index (Phi) is 3.25. The Morgan fingerprint density at radius 3 is 2.88 bits per heavy atom. The molecule has 1 saturated heterocycles. The van der Waals surface area contributed by atoms with Crippen LogP contribution >= 0.6 is 27.5 Å². The number of hydrogen-bond donors (Lipinski definition) is 1. The summed E-state index contributed by atoms with van der Waals surface area (Å²) in [6, 6.07) is 5.40. The number of likely N-dealkylation sites (tertiary alicyclic amines) is 1. The fourth-order valence-corrected chi connectivity index (χ4v) is 1.94. The molecule has 86 valence electrons. The zero-order chi connectivity index (χ0) is 11.7. The first-order valence-electron chi connectivity index (χ1n) is 4.66. The Morgan fingerprint density at radius 1 is 1.56 bits per heavy atom. The van der Waals surface area contributed by atoms with E-state index in [1.165, 1.54) is 4.90 Å². The normalized spacial score (nSPS) is 15.8. The Balaban J connectivity index is 1.97. The molecule has 0 spiro atoms. The van der Waals surface area contributed by atoms with Crippen molar-refractivity contribution in [2.75, 3.05) is 13.1 Å². The highest BCUT2D eigenvalue weighted by atomic mass is 79.9. The Bertz CT molecular complexity index is 421. The number of amides is 1. The van der Waals surface area contributed by atoms with Crippen molar-refractivity contribution in [3.8, 4) is 5.75 Å². The Labute approximate surface area is 106 Å². The quantitative estimate of drug-likeness (QED) is 0.914. The van der Waals surface area contributed by atoms with Gasteiger partial charge in [-0.05, 0) is 28.1 Å². The van der Waals surface area contributed by atoms with Crippen molar-refractivity contribution in [2.24, 2.45) is 0 Å². The molecule has 0 radical (unpaired) electrons. The largest absolute Gasteiger partial charge is 0.485 e. The van der Waals surface area contributed by atoms with E-state index >= 15 is 0 Å². The topological polar surface area (TPSA) is 49.8 Å². The fourth-order valence-electron chi connectivity index (χ4n) is 1.42. The minimum Gasteiger partial charge on any atom is -0.485 e. The van der Waals surface area contributed by atoms with Gasteiger partial charge in [0.05, 0.1) is 18.1 Å². The van der Waals surface area contributed by atoms with E-state index in [4.69, 9.17) is 21.4 Å². The van der Waals surface area contributed by atoms with E-state index in [-0.39, 0.29) is 6.10 Å². The third kappa shape index (κ3) is 2.25. The van der Waals surface area contributed by atoms with Crippen LogP contribution in [0.25, 0.3) is 0 Å². The molecular formula is C10H9BrClNO3. The second-order valence-electron chi connectivity index (χ2n) is 3.48. The van der Waals surface area contributed by atoms with E-state index in [1.54, 1.807) is 6.07 Å². The zero-order valence-corrected chi connectivity index (χ0v) is 10.5. The van der Waals surface area contributed by atoms with Gasteiger partial charge in [-0.2, -0.15) is 0 Å². The van der Waals surface area contributed by atoms with Crippen LogP contribution in [0.4, 0.5) is 4.79 Å². The van der Waals surface area contributed by atoms with Gasteiger partial charge in [0.2, 0.25) is 0 Å². The van der Waals surface area contributed by atoms with Gasteiger partial charge in [-0.15, -0.1) is 0 Å². The summed E-state index contributed by atoms with van der Waals surface area (Å²) >= 11 is 9.31. The Morgan fingerprint density at radius 2 is 2.25 bits per heavy atom. The molecule has 6 heteroatoms. The van der Waals surface area contributed by atoms with Gasteiger partial charge in [-0.1, -0.05) is 17.7 Å². The summed E-state index contributed by atoms with van der Waals surface area (Å²) in [6.45, 7) is 0.774. The minimum absolute atomic E-state index is 0.108. The third-order valence-electron chi connectivity index (χ3n) is 2.33. The van der Waals surface area contributed by atoms with Crippen LogP contribution in [0.3, 0.4) is 0 Å². The van der Waals surface area contributed by atoms with Crippen LogP contribution < -0.4 is 4.74 Å². The van der Waals surface area contributed by atoms with E-state index in [1.807, 2.05) is 12.1 Å². The summed E-state index contributed by atoms with van der Waals surface area (Å²) in [4.78, 5) is 11.8. The van der Waals surface area contributed by atoms with Crippen molar-refractivity contribution in [1.29, 1.82) is 0 Å². The first-order chi connectivity index (χ1) is 7.58. The summed E-state index contributed by atoms with van der Waals surface area (Å²) in [5.41, 5.74) is 0. The van der Waals surface area contributed by atoms with Crippen LogP contribution in [0.1, 0.15) is 0 Å². The molecule has 0 bridgehead atoms. The van der Waals surface area contributed by atoms with E-state index < -0.39 is 6.09 Å².